The van der Waals surface area contributed by atoms with E-state index in [2.05, 4.69) is 0 Å². The fourth-order valence-corrected chi connectivity index (χ4v) is 3.73. The van der Waals surface area contributed by atoms with Crippen LogP contribution >= 0.6 is 11.8 Å². The number of benzene rings is 2. The Balaban J connectivity index is 2.04. The van der Waals surface area contributed by atoms with E-state index >= 15 is 0 Å². The van der Waals surface area contributed by atoms with Gasteiger partial charge in [0.1, 0.15) is 0 Å². The molecule has 1 aliphatic rings. The van der Waals surface area contributed by atoms with E-state index < -0.39 is 4.92 Å². The molecule has 0 saturated heterocycles. The molecule has 1 heterocycles. The highest BCUT2D eigenvalue weighted by atomic mass is 32.2. The van der Waals surface area contributed by atoms with Gasteiger partial charge in [-0.1, -0.05) is 18.2 Å². The van der Waals surface area contributed by atoms with Crippen LogP contribution in [0.5, 0.6) is 0 Å². The van der Waals surface area contributed by atoms with Crippen LogP contribution in [0.1, 0.15) is 22.3 Å². The molecule has 118 valence electrons. The monoisotopic (exact) mass is 328 g/mol. The summed E-state index contributed by atoms with van der Waals surface area (Å²) in [7, 11) is 0. The summed E-state index contributed by atoms with van der Waals surface area (Å²) in [6.45, 7) is 2.24. The van der Waals surface area contributed by atoms with Crippen molar-refractivity contribution in [3.05, 3.63) is 63.7 Å². The number of hydrogen-bond acceptors (Lipinski definition) is 4. The molecule has 0 aromatic heterocycles. The van der Waals surface area contributed by atoms with Gasteiger partial charge in [0, 0.05) is 28.6 Å². The molecular weight excluding hydrogens is 312 g/mol. The normalized spacial score (nSPS) is 14.0. The number of thioether (sulfide) groups is 1. The molecule has 0 saturated carbocycles. The van der Waals surface area contributed by atoms with Gasteiger partial charge in [0.2, 0.25) is 0 Å². The van der Waals surface area contributed by atoms with Crippen molar-refractivity contribution in [3.8, 4) is 0 Å². The summed E-state index contributed by atoms with van der Waals surface area (Å²) in [6, 6.07) is 12.5. The molecule has 0 spiro atoms. The number of carbonyl (C=O) groups excluding carboxylic acids is 1. The summed E-state index contributed by atoms with van der Waals surface area (Å²) in [4.78, 5) is 26.5. The number of hydrogen-bond donors (Lipinski definition) is 0. The molecule has 1 aliphatic heterocycles. The quantitative estimate of drug-likeness (QED) is 0.616. The Morgan fingerprint density at radius 2 is 2.00 bits per heavy atom. The van der Waals surface area contributed by atoms with Crippen molar-refractivity contribution in [3.63, 3.8) is 0 Å². The summed E-state index contributed by atoms with van der Waals surface area (Å²) in [5.41, 5.74) is 1.66. The number of amides is 1. The van der Waals surface area contributed by atoms with E-state index in [0.717, 1.165) is 22.8 Å². The molecule has 23 heavy (non-hydrogen) atoms. The molecule has 0 unspecified atom stereocenters. The third-order valence-corrected chi connectivity index (χ3v) is 5.07. The Kier molecular flexibility index (Phi) is 4.34. The van der Waals surface area contributed by atoms with E-state index in [9.17, 15) is 14.9 Å². The number of rotatable bonds is 2. The Hall–Kier alpha value is -2.34. The van der Waals surface area contributed by atoms with Crippen LogP contribution in [0.4, 0.5) is 11.4 Å². The van der Waals surface area contributed by atoms with E-state index in [1.54, 1.807) is 35.7 Å². The van der Waals surface area contributed by atoms with Crippen LogP contribution in [0.3, 0.4) is 0 Å². The molecule has 3 rings (SSSR count). The molecular formula is C17H16N2O3S. The maximum absolute atomic E-state index is 13.0. The van der Waals surface area contributed by atoms with E-state index in [0.29, 0.717) is 17.7 Å². The van der Waals surface area contributed by atoms with Gasteiger partial charge in [-0.05, 0) is 37.3 Å². The first kappa shape index (κ1) is 15.6. The second kappa shape index (κ2) is 6.42. The lowest BCUT2D eigenvalue weighted by atomic mass is 10.0. The second-order valence-electron chi connectivity index (χ2n) is 5.33. The maximum atomic E-state index is 13.0. The lowest BCUT2D eigenvalue weighted by Gasteiger charge is -2.23. The van der Waals surface area contributed by atoms with Gasteiger partial charge in [-0.3, -0.25) is 14.9 Å². The summed E-state index contributed by atoms with van der Waals surface area (Å²) in [6.07, 6.45) is 0.888. The average molecular weight is 328 g/mol. The van der Waals surface area contributed by atoms with Crippen LogP contribution in [-0.4, -0.2) is 23.1 Å². The van der Waals surface area contributed by atoms with E-state index in [1.807, 2.05) is 24.3 Å². The molecule has 5 nitrogen and oxygen atoms in total. The summed E-state index contributed by atoms with van der Waals surface area (Å²) in [5.74, 6) is 0.774. The van der Waals surface area contributed by atoms with Crippen LogP contribution in [0.2, 0.25) is 0 Å². The Morgan fingerprint density at radius 1 is 1.22 bits per heavy atom. The Morgan fingerprint density at radius 3 is 2.78 bits per heavy atom. The predicted molar refractivity (Wildman–Crippen MR) is 91.3 cm³/mol. The zero-order chi connectivity index (χ0) is 16.4. The molecule has 0 fully saturated rings. The Labute approximate surface area is 138 Å². The predicted octanol–water partition coefficient (Wildman–Crippen LogP) is 4.05. The van der Waals surface area contributed by atoms with Crippen LogP contribution in [0.15, 0.2) is 47.4 Å². The smallest absolute Gasteiger partial charge is 0.273 e. The first-order valence-electron chi connectivity index (χ1n) is 7.37. The summed E-state index contributed by atoms with van der Waals surface area (Å²) >= 11 is 1.74. The number of para-hydroxylation sites is 1. The van der Waals surface area contributed by atoms with Gasteiger partial charge in [0.15, 0.2) is 0 Å². The van der Waals surface area contributed by atoms with Gasteiger partial charge < -0.3 is 4.90 Å². The van der Waals surface area contributed by atoms with Gasteiger partial charge in [0.25, 0.3) is 11.6 Å². The van der Waals surface area contributed by atoms with Crippen molar-refractivity contribution in [1.29, 1.82) is 0 Å². The fourth-order valence-electron chi connectivity index (χ4n) is 2.74. The highest BCUT2D eigenvalue weighted by Gasteiger charge is 2.26. The van der Waals surface area contributed by atoms with Gasteiger partial charge in [0.05, 0.1) is 10.6 Å². The highest BCUT2D eigenvalue weighted by Crippen LogP contribution is 2.35. The topological polar surface area (TPSA) is 63.5 Å². The molecule has 0 atom stereocenters. The number of anilines is 1. The standard InChI is InChI=1S/C17H16N2O3S/c1-12-13(6-4-8-14(12)19(21)22)17(20)18-10-5-11-23-16-9-3-2-7-15(16)18/h2-4,6-9H,5,10-11H2,1H3. The van der Waals surface area contributed by atoms with E-state index in [-0.39, 0.29) is 11.6 Å². The lowest BCUT2D eigenvalue weighted by Crippen LogP contribution is -2.32. The molecule has 2 aromatic rings. The van der Waals surface area contributed by atoms with Crippen LogP contribution in [-0.2, 0) is 0 Å². The maximum Gasteiger partial charge on any atom is 0.273 e. The third kappa shape index (κ3) is 2.94. The van der Waals surface area contributed by atoms with Gasteiger partial charge >= 0.3 is 0 Å². The number of nitro benzene ring substituents is 1. The Bertz CT molecular complexity index is 776. The molecule has 0 bridgehead atoms. The minimum Gasteiger partial charge on any atom is -0.307 e. The van der Waals surface area contributed by atoms with Crippen molar-refractivity contribution in [2.24, 2.45) is 0 Å². The summed E-state index contributed by atoms with van der Waals surface area (Å²) in [5, 5.41) is 11.1. The average Bonchev–Trinajstić information content (AvgIpc) is 2.76. The molecule has 0 N–H and O–H groups in total. The molecule has 1 amide bonds. The van der Waals surface area contributed by atoms with E-state index in [4.69, 9.17) is 0 Å². The van der Waals surface area contributed by atoms with E-state index in [1.165, 1.54) is 6.07 Å². The van der Waals surface area contributed by atoms with Crippen LogP contribution in [0, 0.1) is 17.0 Å². The molecule has 0 radical (unpaired) electrons. The largest absolute Gasteiger partial charge is 0.307 e. The van der Waals surface area contributed by atoms with Gasteiger partial charge in [-0.15, -0.1) is 11.8 Å². The first-order valence-corrected chi connectivity index (χ1v) is 8.36. The first-order chi connectivity index (χ1) is 11.1. The molecule has 6 heteroatoms. The van der Waals surface area contributed by atoms with Crippen molar-refractivity contribution in [2.45, 2.75) is 18.2 Å². The minimum absolute atomic E-state index is 0.0201. The SMILES string of the molecule is Cc1c(C(=O)N2CCCSc3ccccc32)cccc1[N+](=O)[O-]. The number of nitro groups is 1. The van der Waals surface area contributed by atoms with Crippen LogP contribution < -0.4 is 4.90 Å². The van der Waals surface area contributed by atoms with Crippen molar-refractivity contribution >= 4 is 29.0 Å². The number of fused-ring (bicyclic) bond motifs is 1. The zero-order valence-corrected chi connectivity index (χ0v) is 13.5. The van der Waals surface area contributed by atoms with Crippen LogP contribution in [0.25, 0.3) is 0 Å². The van der Waals surface area contributed by atoms with Crippen molar-refractivity contribution in [1.82, 2.24) is 0 Å². The number of carbonyl (C=O) groups is 1. The third-order valence-electron chi connectivity index (χ3n) is 3.92. The molecule has 2 aromatic carbocycles. The van der Waals surface area contributed by atoms with Crippen molar-refractivity contribution < 1.29 is 9.72 Å². The van der Waals surface area contributed by atoms with Crippen molar-refractivity contribution in [2.75, 3.05) is 17.2 Å². The zero-order valence-electron chi connectivity index (χ0n) is 12.7. The summed E-state index contributed by atoms with van der Waals surface area (Å²) < 4.78 is 0. The van der Waals surface area contributed by atoms with Gasteiger partial charge in [-0.25, -0.2) is 0 Å². The highest BCUT2D eigenvalue weighted by molar-refractivity contribution is 7.99. The fraction of sp³-hybridized carbons (Fsp3) is 0.235. The lowest BCUT2D eigenvalue weighted by molar-refractivity contribution is -0.385. The minimum atomic E-state index is -0.446. The second-order valence-corrected chi connectivity index (χ2v) is 6.47. The van der Waals surface area contributed by atoms with Gasteiger partial charge in [-0.2, -0.15) is 0 Å². The molecule has 0 aliphatic carbocycles. The number of nitrogens with zero attached hydrogens (tertiary/aromatic N) is 2.